The summed E-state index contributed by atoms with van der Waals surface area (Å²) in [4.78, 5) is 12.1. The molecule has 0 saturated heterocycles. The molecule has 1 aliphatic rings. The zero-order valence-corrected chi connectivity index (χ0v) is 32.4. The SMILES string of the molecule is c1ccc2c(c1)-c1ccccc1-n1c3cc4c5ccccc5n(-c5nc(-c6ccc7sc8ccccc8c7c6)c6c(n5)sc5ccccc56)c4cc3c3cccc-2c31. The first-order chi connectivity index (χ1) is 28.8. The molecule has 0 amide bonds. The van der Waals surface area contributed by atoms with Gasteiger partial charge in [-0.15, -0.1) is 22.7 Å². The Bertz CT molecular complexity index is 3930. The van der Waals surface area contributed by atoms with E-state index in [4.69, 9.17) is 9.97 Å². The molecule has 0 saturated carbocycles. The number of para-hydroxylation sites is 3. The predicted octanol–water partition coefficient (Wildman–Crippen LogP) is 14.7. The lowest BCUT2D eigenvalue weighted by Gasteiger charge is -2.12. The number of nitrogens with zero attached hydrogens (tertiary/aromatic N) is 4. The maximum absolute atomic E-state index is 5.62. The van der Waals surface area contributed by atoms with Crippen LogP contribution >= 0.6 is 22.7 Å². The Balaban J connectivity index is 1.10. The zero-order chi connectivity index (χ0) is 37.6. The van der Waals surface area contributed by atoms with Gasteiger partial charge in [0, 0.05) is 73.9 Å². The first-order valence-electron chi connectivity index (χ1n) is 19.6. The van der Waals surface area contributed by atoms with Gasteiger partial charge in [0.2, 0.25) is 5.95 Å². The highest BCUT2D eigenvalue weighted by molar-refractivity contribution is 7.26. The van der Waals surface area contributed by atoms with Crippen molar-refractivity contribution in [2.45, 2.75) is 0 Å². The summed E-state index contributed by atoms with van der Waals surface area (Å²) in [5, 5.41) is 9.64. The molecule has 6 heterocycles. The van der Waals surface area contributed by atoms with Gasteiger partial charge in [-0.05, 0) is 59.7 Å². The average molecular weight is 773 g/mol. The molecular weight excluding hydrogens is 745 g/mol. The van der Waals surface area contributed by atoms with E-state index in [1.54, 1.807) is 11.3 Å². The topological polar surface area (TPSA) is 35.6 Å². The van der Waals surface area contributed by atoms with E-state index in [0.717, 1.165) is 32.5 Å². The van der Waals surface area contributed by atoms with Crippen LogP contribution in [-0.2, 0) is 0 Å². The van der Waals surface area contributed by atoms with Crippen LogP contribution in [0.4, 0.5) is 0 Å². The van der Waals surface area contributed by atoms with Gasteiger partial charge in [0.15, 0.2) is 0 Å². The molecule has 5 aromatic heterocycles. The molecule has 0 unspecified atom stereocenters. The third-order valence-corrected chi connectivity index (χ3v) is 14.5. The maximum atomic E-state index is 5.62. The molecule has 4 nitrogen and oxygen atoms in total. The van der Waals surface area contributed by atoms with E-state index in [-0.39, 0.29) is 0 Å². The number of fused-ring (bicyclic) bond motifs is 17. The van der Waals surface area contributed by atoms with E-state index in [2.05, 4.69) is 179 Å². The fraction of sp³-hybridized carbons (Fsp3) is 0. The van der Waals surface area contributed by atoms with Gasteiger partial charge in [0.25, 0.3) is 0 Å². The summed E-state index contributed by atoms with van der Waals surface area (Å²) in [6.45, 7) is 0. The Hall–Kier alpha value is -7.12. The number of hydrogen-bond donors (Lipinski definition) is 0. The van der Waals surface area contributed by atoms with Gasteiger partial charge >= 0.3 is 0 Å². The molecule has 13 aromatic rings. The Morgan fingerprint density at radius 3 is 1.86 bits per heavy atom. The van der Waals surface area contributed by atoms with Crippen LogP contribution in [0.2, 0.25) is 0 Å². The van der Waals surface area contributed by atoms with Crippen LogP contribution in [0, 0.1) is 0 Å². The van der Waals surface area contributed by atoms with Crippen molar-refractivity contribution in [3.63, 3.8) is 0 Å². The van der Waals surface area contributed by atoms with Crippen molar-refractivity contribution < 1.29 is 0 Å². The van der Waals surface area contributed by atoms with Gasteiger partial charge in [0.05, 0.1) is 33.4 Å². The van der Waals surface area contributed by atoms with Gasteiger partial charge in [-0.25, -0.2) is 9.97 Å². The second kappa shape index (κ2) is 11.3. The maximum Gasteiger partial charge on any atom is 0.236 e. The van der Waals surface area contributed by atoms with Gasteiger partial charge in [0.1, 0.15) is 4.83 Å². The first-order valence-corrected chi connectivity index (χ1v) is 21.2. The number of benzene rings is 8. The number of hydrogen-bond acceptors (Lipinski definition) is 4. The summed E-state index contributed by atoms with van der Waals surface area (Å²) in [7, 11) is 0. The summed E-state index contributed by atoms with van der Waals surface area (Å²) in [5.41, 5.74) is 12.9. The first kappa shape index (κ1) is 31.0. The van der Waals surface area contributed by atoms with Crippen LogP contribution in [0.1, 0.15) is 0 Å². The lowest BCUT2D eigenvalue weighted by molar-refractivity contribution is 1.02. The standard InChI is InChI=1S/C52H28N4S2/c1-2-13-31-30(12-1)32-14-3-7-20-41(32)55-43-27-38-33-15-4-8-21-42(33)56(44(38)28-39(43)36-19-11-18-35(31)50(36)55)52-53-49(48-37-17-6-10-23-46(37)58-51(48)54-52)29-24-25-47-40(26-29)34-16-5-9-22-45(34)57-47/h1-28H. The molecule has 14 rings (SSSR count). The highest BCUT2D eigenvalue weighted by Crippen LogP contribution is 2.48. The molecule has 0 bridgehead atoms. The summed E-state index contributed by atoms with van der Waals surface area (Å²) >= 11 is 3.59. The Morgan fingerprint density at radius 2 is 1.00 bits per heavy atom. The molecule has 0 radical (unpaired) electrons. The number of thiophene rings is 2. The van der Waals surface area contributed by atoms with Gasteiger partial charge in [-0.1, -0.05) is 121 Å². The lowest BCUT2D eigenvalue weighted by atomic mass is 9.94. The Labute approximate surface area is 339 Å². The molecule has 0 atom stereocenters. The van der Waals surface area contributed by atoms with Crippen LogP contribution in [0.5, 0.6) is 0 Å². The van der Waals surface area contributed by atoms with Gasteiger partial charge in [-0.3, -0.25) is 4.57 Å². The van der Waals surface area contributed by atoms with Crippen LogP contribution in [-0.4, -0.2) is 19.1 Å². The second-order valence-corrected chi connectivity index (χ2v) is 17.4. The molecular formula is C52H28N4S2. The number of rotatable bonds is 2. The third-order valence-electron chi connectivity index (χ3n) is 12.3. The van der Waals surface area contributed by atoms with Crippen molar-refractivity contribution in [2.75, 3.05) is 0 Å². The van der Waals surface area contributed by atoms with Crippen LogP contribution < -0.4 is 0 Å². The smallest absolute Gasteiger partial charge is 0.236 e. The minimum Gasteiger partial charge on any atom is -0.308 e. The highest BCUT2D eigenvalue weighted by atomic mass is 32.1. The van der Waals surface area contributed by atoms with E-state index >= 15 is 0 Å². The molecule has 58 heavy (non-hydrogen) atoms. The summed E-state index contributed by atoms with van der Waals surface area (Å²) < 4.78 is 8.60. The molecule has 0 fully saturated rings. The molecule has 268 valence electrons. The van der Waals surface area contributed by atoms with Crippen molar-refractivity contribution in [1.82, 2.24) is 19.1 Å². The van der Waals surface area contributed by atoms with E-state index in [0.29, 0.717) is 5.95 Å². The molecule has 0 spiro atoms. The number of aromatic nitrogens is 4. The summed E-state index contributed by atoms with van der Waals surface area (Å²) in [6, 6.07) is 62.2. The van der Waals surface area contributed by atoms with E-state index in [1.165, 1.54) is 90.8 Å². The molecule has 8 aromatic carbocycles. The molecule has 1 aliphatic heterocycles. The van der Waals surface area contributed by atoms with Crippen molar-refractivity contribution in [3.05, 3.63) is 170 Å². The largest absolute Gasteiger partial charge is 0.308 e. The van der Waals surface area contributed by atoms with Crippen LogP contribution in [0.25, 0.3) is 129 Å². The van der Waals surface area contributed by atoms with Crippen molar-refractivity contribution in [1.29, 1.82) is 0 Å². The predicted molar refractivity (Wildman–Crippen MR) is 246 cm³/mol. The van der Waals surface area contributed by atoms with Crippen LogP contribution in [0.15, 0.2) is 170 Å². The molecule has 6 heteroatoms. The van der Waals surface area contributed by atoms with Crippen molar-refractivity contribution in [3.8, 4) is 45.1 Å². The summed E-state index contributed by atoms with van der Waals surface area (Å²) in [5.74, 6) is 0.680. The van der Waals surface area contributed by atoms with Gasteiger partial charge in [-0.2, -0.15) is 0 Å². The third kappa shape index (κ3) is 4.02. The highest BCUT2D eigenvalue weighted by Gasteiger charge is 2.26. The minimum atomic E-state index is 0.680. The Morgan fingerprint density at radius 1 is 0.379 bits per heavy atom. The van der Waals surface area contributed by atoms with Crippen molar-refractivity contribution >= 4 is 107 Å². The molecule has 0 aliphatic carbocycles. The minimum absolute atomic E-state index is 0.680. The van der Waals surface area contributed by atoms with E-state index < -0.39 is 0 Å². The molecule has 0 N–H and O–H groups in total. The van der Waals surface area contributed by atoms with Gasteiger partial charge < -0.3 is 4.57 Å². The van der Waals surface area contributed by atoms with Crippen molar-refractivity contribution in [2.24, 2.45) is 0 Å². The summed E-state index contributed by atoms with van der Waals surface area (Å²) in [6.07, 6.45) is 0. The second-order valence-electron chi connectivity index (χ2n) is 15.3. The van der Waals surface area contributed by atoms with E-state index in [9.17, 15) is 0 Å². The lowest BCUT2D eigenvalue weighted by Crippen LogP contribution is -2.02. The van der Waals surface area contributed by atoms with E-state index in [1.807, 2.05) is 11.3 Å². The normalized spacial score (nSPS) is 12.5. The quantitative estimate of drug-likeness (QED) is 0.175. The zero-order valence-electron chi connectivity index (χ0n) is 30.8. The van der Waals surface area contributed by atoms with Crippen LogP contribution in [0.3, 0.4) is 0 Å². The monoisotopic (exact) mass is 772 g/mol. The fourth-order valence-electron chi connectivity index (χ4n) is 9.85. The Kier molecular flexibility index (Phi) is 6.02. The average Bonchev–Trinajstić information content (AvgIpc) is 4.00. The fourth-order valence-corrected chi connectivity index (χ4v) is 12.0.